The van der Waals surface area contributed by atoms with E-state index in [1.165, 1.54) is 6.07 Å². The van der Waals surface area contributed by atoms with Gasteiger partial charge in [-0.3, -0.25) is 4.79 Å². The van der Waals surface area contributed by atoms with E-state index in [-0.39, 0.29) is 17.8 Å². The number of hydrogen-bond acceptors (Lipinski definition) is 3. The van der Waals surface area contributed by atoms with Crippen molar-refractivity contribution in [3.63, 3.8) is 0 Å². The van der Waals surface area contributed by atoms with E-state index < -0.39 is 0 Å². The number of halogens is 1. The zero-order valence-electron chi connectivity index (χ0n) is 16.3. The minimum absolute atomic E-state index is 0.0156. The van der Waals surface area contributed by atoms with Gasteiger partial charge in [-0.1, -0.05) is 24.3 Å². The first kappa shape index (κ1) is 18.3. The second-order valence-electron chi connectivity index (χ2n) is 7.25. The molecule has 1 fully saturated rings. The monoisotopic (exact) mass is 381 g/mol. The van der Waals surface area contributed by atoms with Crippen LogP contribution < -0.4 is 9.64 Å². The van der Waals surface area contributed by atoms with Crippen LogP contribution in [0.15, 0.2) is 42.5 Å². The Bertz CT molecular complexity index is 1030. The SMILES string of the molecule is COc1ccccc1N1CCN(C(=O)c2[nH]c3c(F)cccc3c2C)[C@@H](C)C1. The fourth-order valence-electron chi connectivity index (χ4n) is 4.04. The van der Waals surface area contributed by atoms with Crippen LogP contribution in [0, 0.1) is 12.7 Å². The van der Waals surface area contributed by atoms with Crippen LogP contribution in [0.5, 0.6) is 5.75 Å². The second-order valence-corrected chi connectivity index (χ2v) is 7.25. The maximum Gasteiger partial charge on any atom is 0.270 e. The van der Waals surface area contributed by atoms with Gasteiger partial charge in [0, 0.05) is 31.1 Å². The summed E-state index contributed by atoms with van der Waals surface area (Å²) in [7, 11) is 1.67. The first-order valence-electron chi connectivity index (χ1n) is 9.47. The number of ether oxygens (including phenoxy) is 1. The van der Waals surface area contributed by atoms with Crippen molar-refractivity contribution in [1.82, 2.24) is 9.88 Å². The lowest BCUT2D eigenvalue weighted by Gasteiger charge is -2.41. The highest BCUT2D eigenvalue weighted by Gasteiger charge is 2.31. The Balaban J connectivity index is 1.58. The molecule has 0 unspecified atom stereocenters. The molecule has 1 amide bonds. The molecule has 1 aliphatic heterocycles. The molecule has 5 nitrogen and oxygen atoms in total. The highest BCUT2D eigenvalue weighted by molar-refractivity contribution is 6.01. The predicted octanol–water partition coefficient (Wildman–Crippen LogP) is 3.97. The number of benzene rings is 2. The Morgan fingerprint density at radius 1 is 1.18 bits per heavy atom. The fourth-order valence-corrected chi connectivity index (χ4v) is 4.04. The molecular weight excluding hydrogens is 357 g/mol. The Morgan fingerprint density at radius 3 is 2.68 bits per heavy atom. The van der Waals surface area contributed by atoms with Gasteiger partial charge in [0.05, 0.1) is 18.3 Å². The van der Waals surface area contributed by atoms with E-state index in [2.05, 4.69) is 9.88 Å². The summed E-state index contributed by atoms with van der Waals surface area (Å²) in [5, 5.41) is 0.753. The zero-order valence-corrected chi connectivity index (χ0v) is 16.3. The average Bonchev–Trinajstić information content (AvgIpc) is 3.05. The molecule has 0 radical (unpaired) electrons. The van der Waals surface area contributed by atoms with E-state index in [9.17, 15) is 9.18 Å². The maximum absolute atomic E-state index is 14.1. The number of amides is 1. The number of aryl methyl sites for hydroxylation is 1. The van der Waals surface area contributed by atoms with E-state index in [1.54, 1.807) is 13.2 Å². The summed E-state index contributed by atoms with van der Waals surface area (Å²) < 4.78 is 19.6. The minimum atomic E-state index is -0.339. The molecule has 2 heterocycles. The number of rotatable bonds is 3. The molecule has 0 bridgehead atoms. The third-order valence-electron chi connectivity index (χ3n) is 5.57. The van der Waals surface area contributed by atoms with E-state index in [1.807, 2.05) is 49.1 Å². The molecule has 0 spiro atoms. The van der Waals surface area contributed by atoms with Crippen molar-refractivity contribution in [3.8, 4) is 5.75 Å². The largest absolute Gasteiger partial charge is 0.495 e. The summed E-state index contributed by atoms with van der Waals surface area (Å²) in [6, 6.07) is 12.8. The number of hydrogen-bond donors (Lipinski definition) is 1. The molecule has 1 atom stereocenters. The van der Waals surface area contributed by atoms with Gasteiger partial charge in [0.25, 0.3) is 5.91 Å². The van der Waals surface area contributed by atoms with E-state index in [0.717, 1.165) is 22.4 Å². The first-order chi connectivity index (χ1) is 13.5. The van der Waals surface area contributed by atoms with Gasteiger partial charge >= 0.3 is 0 Å². The van der Waals surface area contributed by atoms with Gasteiger partial charge in [0.15, 0.2) is 0 Å². The van der Waals surface area contributed by atoms with Crippen molar-refractivity contribution in [3.05, 3.63) is 59.5 Å². The summed E-state index contributed by atoms with van der Waals surface area (Å²) >= 11 is 0. The lowest BCUT2D eigenvalue weighted by Crippen LogP contribution is -2.54. The number of nitrogens with zero attached hydrogens (tertiary/aromatic N) is 2. The van der Waals surface area contributed by atoms with Crippen LogP contribution >= 0.6 is 0 Å². The molecule has 4 rings (SSSR count). The Morgan fingerprint density at radius 2 is 1.96 bits per heavy atom. The molecule has 2 aromatic carbocycles. The predicted molar refractivity (Wildman–Crippen MR) is 109 cm³/mol. The molecule has 1 aromatic heterocycles. The van der Waals surface area contributed by atoms with Gasteiger partial charge < -0.3 is 19.5 Å². The van der Waals surface area contributed by atoms with Crippen molar-refractivity contribution in [2.75, 3.05) is 31.6 Å². The minimum Gasteiger partial charge on any atom is -0.495 e. The number of carbonyl (C=O) groups is 1. The van der Waals surface area contributed by atoms with Crippen LogP contribution in [0.2, 0.25) is 0 Å². The standard InChI is InChI=1S/C22H24FN3O2/c1-14-13-25(18-9-4-5-10-19(18)28-3)11-12-26(14)22(27)20-15(2)16-7-6-8-17(23)21(16)24-20/h4-10,14,24H,11-13H2,1-3H3/t14-/m0/s1. The lowest BCUT2D eigenvalue weighted by molar-refractivity contribution is 0.0668. The second kappa shape index (κ2) is 7.19. The number of H-pyrrole nitrogens is 1. The molecule has 1 N–H and O–H groups in total. The highest BCUT2D eigenvalue weighted by Crippen LogP contribution is 2.30. The fraction of sp³-hybridized carbons (Fsp3) is 0.318. The molecule has 1 aliphatic rings. The van der Waals surface area contributed by atoms with E-state index >= 15 is 0 Å². The van der Waals surface area contributed by atoms with Crippen molar-refractivity contribution in [1.29, 1.82) is 0 Å². The number of fused-ring (bicyclic) bond motifs is 1. The number of para-hydroxylation sites is 3. The number of piperazine rings is 1. The molecule has 28 heavy (non-hydrogen) atoms. The third-order valence-corrected chi connectivity index (χ3v) is 5.57. The summed E-state index contributed by atoms with van der Waals surface area (Å²) in [6.45, 7) is 5.92. The van der Waals surface area contributed by atoms with Gasteiger partial charge in [0.1, 0.15) is 17.3 Å². The number of anilines is 1. The van der Waals surface area contributed by atoms with E-state index in [0.29, 0.717) is 30.8 Å². The quantitative estimate of drug-likeness (QED) is 0.747. The maximum atomic E-state index is 14.1. The number of carbonyl (C=O) groups excluding carboxylic acids is 1. The summed E-state index contributed by atoms with van der Waals surface area (Å²) in [5.41, 5.74) is 2.69. The van der Waals surface area contributed by atoms with Crippen molar-refractivity contribution in [2.24, 2.45) is 0 Å². The van der Waals surface area contributed by atoms with Crippen molar-refractivity contribution >= 4 is 22.5 Å². The van der Waals surface area contributed by atoms with Crippen LogP contribution in [-0.4, -0.2) is 48.6 Å². The zero-order chi connectivity index (χ0) is 19.8. The number of aromatic amines is 1. The molecule has 146 valence electrons. The topological polar surface area (TPSA) is 48.6 Å². The van der Waals surface area contributed by atoms with Crippen LogP contribution in [0.25, 0.3) is 10.9 Å². The number of nitrogens with one attached hydrogen (secondary N) is 1. The summed E-state index contributed by atoms with van der Waals surface area (Å²) in [5.74, 6) is 0.408. The number of aromatic nitrogens is 1. The van der Waals surface area contributed by atoms with Crippen LogP contribution in [0.4, 0.5) is 10.1 Å². The van der Waals surface area contributed by atoms with Crippen LogP contribution in [0.3, 0.4) is 0 Å². The Labute approximate surface area is 163 Å². The molecular formula is C22H24FN3O2. The van der Waals surface area contributed by atoms with Gasteiger partial charge in [-0.2, -0.15) is 0 Å². The molecule has 1 saturated heterocycles. The van der Waals surface area contributed by atoms with Gasteiger partial charge in [-0.25, -0.2) is 4.39 Å². The highest BCUT2D eigenvalue weighted by atomic mass is 19.1. The van der Waals surface area contributed by atoms with Crippen molar-refractivity contribution < 1.29 is 13.9 Å². The lowest BCUT2D eigenvalue weighted by atomic mass is 10.1. The molecule has 6 heteroatoms. The molecule has 0 aliphatic carbocycles. The van der Waals surface area contributed by atoms with Crippen LogP contribution in [0.1, 0.15) is 23.0 Å². The first-order valence-corrected chi connectivity index (χ1v) is 9.47. The normalized spacial score (nSPS) is 17.2. The Kier molecular flexibility index (Phi) is 4.71. The number of methoxy groups -OCH3 is 1. The van der Waals surface area contributed by atoms with Gasteiger partial charge in [-0.15, -0.1) is 0 Å². The Hall–Kier alpha value is -3.02. The smallest absolute Gasteiger partial charge is 0.270 e. The van der Waals surface area contributed by atoms with Crippen LogP contribution in [-0.2, 0) is 0 Å². The summed E-state index contributed by atoms with van der Waals surface area (Å²) in [6.07, 6.45) is 0. The third kappa shape index (κ3) is 2.99. The average molecular weight is 381 g/mol. The molecule has 0 saturated carbocycles. The van der Waals surface area contributed by atoms with Gasteiger partial charge in [-0.05, 0) is 37.6 Å². The molecule has 3 aromatic rings. The van der Waals surface area contributed by atoms with Gasteiger partial charge in [0.2, 0.25) is 0 Å². The van der Waals surface area contributed by atoms with Crippen molar-refractivity contribution in [2.45, 2.75) is 19.9 Å². The summed E-state index contributed by atoms with van der Waals surface area (Å²) in [4.78, 5) is 20.3. The van der Waals surface area contributed by atoms with E-state index in [4.69, 9.17) is 4.74 Å².